The molecule has 0 aromatic heterocycles. The molecule has 0 saturated heterocycles. The molecule has 3 atom stereocenters. The number of carbonyl (C=O) groups excluding carboxylic acids is 3. The maximum absolute atomic E-state index is 12.4. The van der Waals surface area contributed by atoms with E-state index in [-0.39, 0.29) is 35.3 Å². The van der Waals surface area contributed by atoms with Crippen LogP contribution < -0.4 is 0 Å². The summed E-state index contributed by atoms with van der Waals surface area (Å²) in [5.41, 5.74) is 1.83. The lowest BCUT2D eigenvalue weighted by molar-refractivity contribution is -0.148. The van der Waals surface area contributed by atoms with Crippen LogP contribution in [-0.2, 0) is 19.1 Å². The number of Topliss-reactive ketones (excluding diaryl/α,β-unsaturated/α-hetero) is 1. The Bertz CT molecular complexity index is 565. The number of rotatable bonds is 2. The Balaban J connectivity index is 2.59. The van der Waals surface area contributed by atoms with Crippen molar-refractivity contribution >= 4 is 17.5 Å². The van der Waals surface area contributed by atoms with Gasteiger partial charge in [-0.3, -0.25) is 14.4 Å². The molecule has 4 nitrogen and oxygen atoms in total. The van der Waals surface area contributed by atoms with E-state index in [1.165, 1.54) is 13.0 Å². The summed E-state index contributed by atoms with van der Waals surface area (Å²) in [6.45, 7) is 8.97. The van der Waals surface area contributed by atoms with Crippen molar-refractivity contribution in [3.05, 3.63) is 22.8 Å². The van der Waals surface area contributed by atoms with Gasteiger partial charge in [-0.15, -0.1) is 0 Å². The topological polar surface area (TPSA) is 60.4 Å². The fraction of sp³-hybridized carbons (Fsp3) is 0.588. The monoisotopic (exact) mass is 290 g/mol. The molecule has 0 saturated carbocycles. The van der Waals surface area contributed by atoms with E-state index < -0.39 is 6.10 Å². The van der Waals surface area contributed by atoms with E-state index in [9.17, 15) is 14.4 Å². The highest BCUT2D eigenvalue weighted by atomic mass is 16.5. The largest absolute Gasteiger partial charge is 0.457 e. The number of esters is 1. The van der Waals surface area contributed by atoms with Gasteiger partial charge in [0.2, 0.25) is 0 Å². The normalized spacial score (nSPS) is 29.4. The zero-order chi connectivity index (χ0) is 15.9. The molecule has 0 N–H and O–H groups in total. The number of hydrogen-bond donors (Lipinski definition) is 0. The second-order valence-corrected chi connectivity index (χ2v) is 6.38. The Morgan fingerprint density at radius 1 is 1.29 bits per heavy atom. The van der Waals surface area contributed by atoms with Gasteiger partial charge in [-0.1, -0.05) is 13.8 Å². The van der Waals surface area contributed by atoms with Crippen molar-refractivity contribution in [3.8, 4) is 0 Å². The van der Waals surface area contributed by atoms with Gasteiger partial charge >= 0.3 is 5.97 Å². The molecule has 0 spiro atoms. The molecular formula is C17H22O4. The summed E-state index contributed by atoms with van der Waals surface area (Å²) in [5.74, 6) is -0.394. The van der Waals surface area contributed by atoms with Gasteiger partial charge in [-0.05, 0) is 42.9 Å². The summed E-state index contributed by atoms with van der Waals surface area (Å²) in [4.78, 5) is 36.0. The van der Waals surface area contributed by atoms with E-state index in [0.717, 1.165) is 5.57 Å². The number of carbonyl (C=O) groups is 3. The number of hydrogen-bond acceptors (Lipinski definition) is 4. The van der Waals surface area contributed by atoms with Crippen LogP contribution in [-0.4, -0.2) is 23.6 Å². The van der Waals surface area contributed by atoms with Gasteiger partial charge in [0, 0.05) is 24.8 Å². The van der Waals surface area contributed by atoms with Crippen LogP contribution in [0.3, 0.4) is 0 Å². The van der Waals surface area contributed by atoms with Crippen LogP contribution in [0.25, 0.3) is 0 Å². The van der Waals surface area contributed by atoms with Gasteiger partial charge in [-0.2, -0.15) is 0 Å². The molecule has 0 unspecified atom stereocenters. The van der Waals surface area contributed by atoms with Crippen molar-refractivity contribution in [2.75, 3.05) is 0 Å². The first kappa shape index (κ1) is 15.7. The lowest BCUT2D eigenvalue weighted by Gasteiger charge is -2.42. The fourth-order valence-corrected chi connectivity index (χ4v) is 3.48. The Labute approximate surface area is 125 Å². The van der Waals surface area contributed by atoms with Crippen molar-refractivity contribution in [2.45, 2.75) is 47.1 Å². The van der Waals surface area contributed by atoms with E-state index in [1.807, 2.05) is 20.8 Å². The predicted octanol–water partition coefficient (Wildman–Crippen LogP) is 2.62. The zero-order valence-electron chi connectivity index (χ0n) is 13.2. The summed E-state index contributed by atoms with van der Waals surface area (Å²) >= 11 is 0. The van der Waals surface area contributed by atoms with Crippen LogP contribution in [0.5, 0.6) is 0 Å². The molecular weight excluding hydrogens is 268 g/mol. The van der Waals surface area contributed by atoms with Crippen LogP contribution in [0.15, 0.2) is 22.8 Å². The van der Waals surface area contributed by atoms with Crippen molar-refractivity contribution in [3.63, 3.8) is 0 Å². The maximum Gasteiger partial charge on any atom is 0.303 e. The molecule has 21 heavy (non-hydrogen) atoms. The lowest BCUT2D eigenvalue weighted by atomic mass is 9.64. The third-order valence-electron chi connectivity index (χ3n) is 4.59. The van der Waals surface area contributed by atoms with Crippen LogP contribution in [0.4, 0.5) is 0 Å². The highest BCUT2D eigenvalue weighted by Gasteiger charge is 2.46. The number of ketones is 2. The smallest absolute Gasteiger partial charge is 0.303 e. The van der Waals surface area contributed by atoms with Crippen LogP contribution in [0.1, 0.15) is 41.0 Å². The van der Waals surface area contributed by atoms with Gasteiger partial charge in [0.25, 0.3) is 0 Å². The van der Waals surface area contributed by atoms with Gasteiger partial charge in [-0.25, -0.2) is 0 Å². The molecule has 0 aromatic carbocycles. The molecule has 2 aliphatic carbocycles. The van der Waals surface area contributed by atoms with E-state index >= 15 is 0 Å². The summed E-state index contributed by atoms with van der Waals surface area (Å²) in [6, 6.07) is 0. The Kier molecular flexibility index (Phi) is 4.17. The van der Waals surface area contributed by atoms with Gasteiger partial charge in [0.05, 0.1) is 0 Å². The summed E-state index contributed by atoms with van der Waals surface area (Å²) in [7, 11) is 0. The van der Waals surface area contributed by atoms with Gasteiger partial charge in [0.1, 0.15) is 6.10 Å². The molecule has 0 aromatic rings. The van der Waals surface area contributed by atoms with Crippen LogP contribution >= 0.6 is 0 Å². The van der Waals surface area contributed by atoms with Crippen molar-refractivity contribution < 1.29 is 19.1 Å². The second kappa shape index (κ2) is 5.58. The Hall–Kier alpha value is -1.71. The maximum atomic E-state index is 12.4. The molecule has 0 amide bonds. The molecule has 0 fully saturated rings. The number of ether oxygens (including phenoxy) is 1. The highest BCUT2D eigenvalue weighted by Crippen LogP contribution is 2.44. The molecule has 114 valence electrons. The first-order valence-electron chi connectivity index (χ1n) is 7.37. The average molecular weight is 290 g/mol. The minimum Gasteiger partial charge on any atom is -0.457 e. The zero-order valence-corrected chi connectivity index (χ0v) is 13.2. The fourth-order valence-electron chi connectivity index (χ4n) is 3.48. The molecule has 0 bridgehead atoms. The third-order valence-corrected chi connectivity index (χ3v) is 4.59. The van der Waals surface area contributed by atoms with E-state index in [2.05, 4.69) is 0 Å². The number of allylic oxidation sites excluding steroid dienone is 2. The summed E-state index contributed by atoms with van der Waals surface area (Å²) in [5, 5.41) is 0. The van der Waals surface area contributed by atoms with Crippen LogP contribution in [0, 0.1) is 17.8 Å². The van der Waals surface area contributed by atoms with E-state index in [4.69, 9.17) is 4.74 Å². The van der Waals surface area contributed by atoms with Crippen molar-refractivity contribution in [2.24, 2.45) is 17.8 Å². The molecule has 4 heteroatoms. The standard InChI is InChI=1S/C17H22O4/c1-8(2)12-7-13(19)10(4)15-14(20)6-9(3)17(16(12)15)21-11(5)18/h6,8,12,16-17H,7H2,1-5H3/t12-,16-,17+/m0/s1. The lowest BCUT2D eigenvalue weighted by Crippen LogP contribution is -2.44. The molecule has 0 heterocycles. The number of fused-ring (bicyclic) bond motifs is 1. The average Bonchev–Trinajstić information content (AvgIpc) is 2.36. The summed E-state index contributed by atoms with van der Waals surface area (Å²) < 4.78 is 5.48. The molecule has 2 aliphatic rings. The summed E-state index contributed by atoms with van der Waals surface area (Å²) in [6.07, 6.45) is 1.47. The molecule has 0 radical (unpaired) electrons. The predicted molar refractivity (Wildman–Crippen MR) is 78.5 cm³/mol. The third kappa shape index (κ3) is 2.71. The Morgan fingerprint density at radius 2 is 1.90 bits per heavy atom. The SMILES string of the molecule is CC(=O)O[C@@H]1C(C)=CC(=O)C2=C(C)C(=O)C[C@@H](C(C)C)[C@@H]21. The minimum absolute atomic E-state index is 0.0214. The molecule has 2 rings (SSSR count). The Morgan fingerprint density at radius 3 is 2.43 bits per heavy atom. The minimum atomic E-state index is -0.439. The van der Waals surface area contributed by atoms with E-state index in [1.54, 1.807) is 6.92 Å². The highest BCUT2D eigenvalue weighted by molar-refractivity contribution is 6.13. The second-order valence-electron chi connectivity index (χ2n) is 6.38. The first-order valence-corrected chi connectivity index (χ1v) is 7.37. The quantitative estimate of drug-likeness (QED) is 0.733. The van der Waals surface area contributed by atoms with Crippen molar-refractivity contribution in [1.82, 2.24) is 0 Å². The van der Waals surface area contributed by atoms with Crippen molar-refractivity contribution in [1.29, 1.82) is 0 Å². The van der Waals surface area contributed by atoms with E-state index in [0.29, 0.717) is 17.6 Å². The van der Waals surface area contributed by atoms with Gasteiger partial charge < -0.3 is 4.74 Å². The van der Waals surface area contributed by atoms with Crippen LogP contribution in [0.2, 0.25) is 0 Å². The first-order chi connectivity index (χ1) is 9.73. The van der Waals surface area contributed by atoms with Gasteiger partial charge in [0.15, 0.2) is 11.6 Å². The molecule has 0 aliphatic heterocycles.